The van der Waals surface area contributed by atoms with Gasteiger partial charge in [-0.1, -0.05) is 46.4 Å². The van der Waals surface area contributed by atoms with Crippen LogP contribution in [-0.2, 0) is 0 Å². The van der Waals surface area contributed by atoms with E-state index in [-0.39, 0.29) is 15.6 Å². The number of benzene rings is 2. The van der Waals surface area contributed by atoms with E-state index in [1.54, 1.807) is 18.2 Å². The molecule has 0 saturated heterocycles. The molecule has 0 spiro atoms. The second kappa shape index (κ2) is 8.67. The van der Waals surface area contributed by atoms with E-state index in [2.05, 4.69) is 5.32 Å². The Hall–Kier alpha value is -1.33. The van der Waals surface area contributed by atoms with E-state index in [1.165, 1.54) is 12.1 Å². The molecule has 0 saturated carbocycles. The molecule has 2 aromatic carbocycles. The molecule has 0 aromatic heterocycles. The molecule has 2 aromatic rings. The van der Waals surface area contributed by atoms with Crippen LogP contribution in [0.15, 0.2) is 30.3 Å². The maximum absolute atomic E-state index is 11.3. The molecule has 8 heteroatoms. The second-order valence-electron chi connectivity index (χ2n) is 4.85. The van der Waals surface area contributed by atoms with Crippen molar-refractivity contribution >= 4 is 58.1 Å². The quantitative estimate of drug-likeness (QED) is 0.561. The maximum Gasteiger partial charge on any atom is 0.337 e. The third-order valence-electron chi connectivity index (χ3n) is 3.01. The van der Waals surface area contributed by atoms with Gasteiger partial charge in [0.1, 0.15) is 5.75 Å². The molecule has 0 amide bonds. The molecule has 2 rings (SSSR count). The highest BCUT2D eigenvalue weighted by atomic mass is 35.5. The zero-order chi connectivity index (χ0) is 17.7. The average Bonchev–Trinajstić information content (AvgIpc) is 2.47. The lowest BCUT2D eigenvalue weighted by molar-refractivity contribution is 0.0698. The summed E-state index contributed by atoms with van der Waals surface area (Å²) in [6, 6.07) is 7.79. The second-order valence-corrected chi connectivity index (χ2v) is 6.57. The van der Waals surface area contributed by atoms with E-state index in [1.807, 2.05) is 0 Å². The molecular weight excluding hydrogens is 396 g/mol. The van der Waals surface area contributed by atoms with Gasteiger partial charge in [-0.25, -0.2) is 4.79 Å². The summed E-state index contributed by atoms with van der Waals surface area (Å²) < 4.78 is 5.55. The Labute approximate surface area is 159 Å². The number of ether oxygens (including phenoxy) is 1. The molecule has 24 heavy (non-hydrogen) atoms. The van der Waals surface area contributed by atoms with Gasteiger partial charge < -0.3 is 15.2 Å². The Morgan fingerprint density at radius 1 is 1.00 bits per heavy atom. The van der Waals surface area contributed by atoms with Crippen molar-refractivity contribution in [1.82, 2.24) is 0 Å². The summed E-state index contributed by atoms with van der Waals surface area (Å²) in [5.74, 6) is -0.532. The SMILES string of the molecule is O=C(O)c1cc(Cl)cc(Cl)c1NCCCOc1cc(Cl)cc(Cl)c1. The summed E-state index contributed by atoms with van der Waals surface area (Å²) in [6.07, 6.45) is 0.613. The van der Waals surface area contributed by atoms with Gasteiger partial charge >= 0.3 is 5.97 Å². The maximum atomic E-state index is 11.3. The molecule has 2 N–H and O–H groups in total. The first-order chi connectivity index (χ1) is 11.4. The van der Waals surface area contributed by atoms with Crippen molar-refractivity contribution in [2.75, 3.05) is 18.5 Å². The number of carbonyl (C=O) groups is 1. The number of halogens is 4. The molecule has 0 fully saturated rings. The van der Waals surface area contributed by atoms with Crippen LogP contribution in [0.2, 0.25) is 20.1 Å². The van der Waals surface area contributed by atoms with Crippen molar-refractivity contribution in [2.45, 2.75) is 6.42 Å². The summed E-state index contributed by atoms with van der Waals surface area (Å²) in [4.78, 5) is 11.3. The van der Waals surface area contributed by atoms with E-state index in [4.69, 9.17) is 51.1 Å². The summed E-state index contributed by atoms with van der Waals surface area (Å²) in [5, 5.41) is 13.7. The standard InChI is InChI=1S/C16H13Cl4NO3/c17-9-4-10(18)6-12(5-9)24-3-1-2-21-15-13(16(22)23)7-11(19)8-14(15)20/h4-8,21H,1-3H2,(H,22,23). The zero-order valence-corrected chi connectivity index (χ0v) is 15.3. The first-order valence-electron chi connectivity index (χ1n) is 6.92. The fraction of sp³-hybridized carbons (Fsp3) is 0.188. The number of carboxylic acids is 1. The fourth-order valence-corrected chi connectivity index (χ4v) is 3.08. The van der Waals surface area contributed by atoms with E-state index in [9.17, 15) is 9.90 Å². The number of rotatable bonds is 7. The van der Waals surface area contributed by atoms with Crippen LogP contribution in [0.1, 0.15) is 16.8 Å². The number of aromatic carboxylic acids is 1. The van der Waals surface area contributed by atoms with Crippen molar-refractivity contribution in [3.8, 4) is 5.75 Å². The van der Waals surface area contributed by atoms with Crippen molar-refractivity contribution in [2.24, 2.45) is 0 Å². The Balaban J connectivity index is 1.90. The van der Waals surface area contributed by atoms with E-state index >= 15 is 0 Å². The molecule has 0 heterocycles. The normalized spacial score (nSPS) is 10.5. The average molecular weight is 409 g/mol. The molecule has 4 nitrogen and oxygen atoms in total. The predicted molar refractivity (Wildman–Crippen MR) is 98.5 cm³/mol. The smallest absolute Gasteiger partial charge is 0.337 e. The molecule has 0 aliphatic heterocycles. The lowest BCUT2D eigenvalue weighted by Gasteiger charge is -2.12. The third-order valence-corrected chi connectivity index (χ3v) is 3.97. The zero-order valence-electron chi connectivity index (χ0n) is 12.3. The van der Waals surface area contributed by atoms with Crippen molar-refractivity contribution in [1.29, 1.82) is 0 Å². The minimum absolute atomic E-state index is 0.0232. The minimum Gasteiger partial charge on any atom is -0.493 e. The Morgan fingerprint density at radius 2 is 1.62 bits per heavy atom. The van der Waals surface area contributed by atoms with Crippen molar-refractivity contribution in [3.63, 3.8) is 0 Å². The summed E-state index contributed by atoms with van der Waals surface area (Å²) in [7, 11) is 0. The number of hydrogen-bond acceptors (Lipinski definition) is 3. The van der Waals surface area contributed by atoms with Crippen LogP contribution in [-0.4, -0.2) is 24.2 Å². The lowest BCUT2D eigenvalue weighted by Crippen LogP contribution is -2.11. The van der Waals surface area contributed by atoms with Crippen molar-refractivity contribution < 1.29 is 14.6 Å². The lowest BCUT2D eigenvalue weighted by atomic mass is 10.1. The molecule has 0 bridgehead atoms. The molecule has 0 atom stereocenters. The molecule has 0 aliphatic rings. The monoisotopic (exact) mass is 407 g/mol. The van der Waals surface area contributed by atoms with Crippen molar-refractivity contribution in [3.05, 3.63) is 56.0 Å². The molecule has 0 radical (unpaired) electrons. The fourth-order valence-electron chi connectivity index (χ4n) is 2.01. The highest BCUT2D eigenvalue weighted by molar-refractivity contribution is 6.37. The van der Waals surface area contributed by atoms with Gasteiger partial charge in [0.15, 0.2) is 0 Å². The van der Waals surface area contributed by atoms with Gasteiger partial charge in [0.05, 0.1) is 22.9 Å². The van der Waals surface area contributed by atoms with Crippen LogP contribution in [0.25, 0.3) is 0 Å². The minimum atomic E-state index is -1.10. The van der Waals surface area contributed by atoms with E-state index < -0.39 is 5.97 Å². The first kappa shape index (κ1) is 19.0. The van der Waals surface area contributed by atoms with E-state index in [0.717, 1.165) is 0 Å². The van der Waals surface area contributed by atoms with Crippen LogP contribution in [0, 0.1) is 0 Å². The van der Waals surface area contributed by atoms with Crippen LogP contribution in [0.3, 0.4) is 0 Å². The van der Waals surface area contributed by atoms with Gasteiger partial charge in [0.25, 0.3) is 0 Å². The van der Waals surface area contributed by atoms with Gasteiger partial charge in [0.2, 0.25) is 0 Å². The van der Waals surface area contributed by atoms with Gasteiger partial charge in [-0.05, 0) is 36.8 Å². The summed E-state index contributed by atoms with van der Waals surface area (Å²) in [6.45, 7) is 0.868. The molecule has 0 unspecified atom stereocenters. The number of nitrogens with one attached hydrogen (secondary N) is 1. The topological polar surface area (TPSA) is 58.6 Å². The highest BCUT2D eigenvalue weighted by Gasteiger charge is 2.14. The number of hydrogen-bond donors (Lipinski definition) is 2. The number of anilines is 1. The summed E-state index contributed by atoms with van der Waals surface area (Å²) >= 11 is 23.7. The Bertz CT molecular complexity index is 732. The van der Waals surface area contributed by atoms with Gasteiger partial charge in [0, 0.05) is 21.6 Å². The van der Waals surface area contributed by atoms with E-state index in [0.29, 0.717) is 41.1 Å². The molecule has 128 valence electrons. The first-order valence-corrected chi connectivity index (χ1v) is 8.43. The van der Waals surface area contributed by atoms with Gasteiger partial charge in [-0.2, -0.15) is 0 Å². The van der Waals surface area contributed by atoms with Crippen LogP contribution in [0.5, 0.6) is 5.75 Å². The highest BCUT2D eigenvalue weighted by Crippen LogP contribution is 2.30. The van der Waals surface area contributed by atoms with Crippen LogP contribution >= 0.6 is 46.4 Å². The van der Waals surface area contributed by atoms with Gasteiger partial charge in [-0.15, -0.1) is 0 Å². The van der Waals surface area contributed by atoms with Crippen LogP contribution in [0.4, 0.5) is 5.69 Å². The Morgan fingerprint density at radius 3 is 2.25 bits per heavy atom. The largest absolute Gasteiger partial charge is 0.493 e. The molecular formula is C16H13Cl4NO3. The Kier molecular flexibility index (Phi) is 6.87. The van der Waals surface area contributed by atoms with Crippen LogP contribution < -0.4 is 10.1 Å². The van der Waals surface area contributed by atoms with Gasteiger partial charge in [-0.3, -0.25) is 0 Å². The predicted octanol–water partition coefficient (Wildman–Crippen LogP) is 5.88. The molecule has 0 aliphatic carbocycles. The number of carboxylic acid groups (broad SMARTS) is 1. The third kappa shape index (κ3) is 5.35. The summed E-state index contributed by atoms with van der Waals surface area (Å²) in [5.41, 5.74) is 0.356.